The van der Waals surface area contributed by atoms with E-state index < -0.39 is 32.6 Å². The van der Waals surface area contributed by atoms with Gasteiger partial charge in [0.15, 0.2) is 0 Å². The van der Waals surface area contributed by atoms with Crippen molar-refractivity contribution in [2.75, 3.05) is 5.32 Å². The minimum absolute atomic E-state index is 0.0357. The summed E-state index contributed by atoms with van der Waals surface area (Å²) in [6.45, 7) is 0. The van der Waals surface area contributed by atoms with E-state index in [9.17, 15) is 31.3 Å². The summed E-state index contributed by atoms with van der Waals surface area (Å²) in [6.07, 6.45) is -3.69. The van der Waals surface area contributed by atoms with E-state index >= 15 is 0 Å². The molecule has 1 heterocycles. The number of rotatable bonds is 6. The van der Waals surface area contributed by atoms with E-state index in [1.165, 1.54) is 12.1 Å². The number of nitrogens with zero attached hydrogens (tertiary/aromatic N) is 2. The number of para-hydroxylation sites is 1. The average molecular weight is 454 g/mol. The van der Waals surface area contributed by atoms with Crippen LogP contribution < -0.4 is 15.6 Å². The first-order valence-electron chi connectivity index (χ1n) is 8.54. The van der Waals surface area contributed by atoms with Crippen molar-refractivity contribution in [3.8, 4) is 5.69 Å². The Morgan fingerprint density at radius 3 is 2.52 bits per heavy atom. The number of nitrogens with two attached hydrogens (primary N) is 1. The van der Waals surface area contributed by atoms with Crippen molar-refractivity contribution in [2.45, 2.75) is 17.5 Å². The number of primary sulfonamides is 1. The molecule has 162 valence electrons. The highest BCUT2D eigenvalue weighted by atomic mass is 32.2. The number of nitrogens with one attached hydrogen (secondary N) is 2. The highest BCUT2D eigenvalue weighted by molar-refractivity contribution is 7.89. The third-order valence-corrected chi connectivity index (χ3v) is 5.13. The van der Waals surface area contributed by atoms with Gasteiger partial charge in [-0.3, -0.25) is 4.79 Å². The lowest BCUT2D eigenvalue weighted by Gasteiger charge is -2.11. The van der Waals surface area contributed by atoms with Crippen LogP contribution in [0.3, 0.4) is 0 Å². The molecule has 2 aromatic carbocycles. The molecule has 31 heavy (non-hydrogen) atoms. The third-order valence-electron chi connectivity index (χ3n) is 4.19. The van der Waals surface area contributed by atoms with Crippen LogP contribution in [0.5, 0.6) is 0 Å². The SMILES string of the molecule is NS(=O)(=O)c1cc(NC(=O)Cc2ccccc2[NH+]=O)ccc1-n1cc(C(F)(F)F)cn1. The second kappa shape index (κ2) is 8.28. The monoisotopic (exact) mass is 454 g/mol. The number of hydrogen-bond donors (Lipinski definition) is 3. The zero-order valence-electron chi connectivity index (χ0n) is 15.6. The summed E-state index contributed by atoms with van der Waals surface area (Å²) in [5.41, 5.74) is -0.645. The van der Waals surface area contributed by atoms with Gasteiger partial charge < -0.3 is 5.32 Å². The summed E-state index contributed by atoms with van der Waals surface area (Å²) < 4.78 is 63.2. The van der Waals surface area contributed by atoms with Gasteiger partial charge in [-0.1, -0.05) is 18.2 Å². The molecule has 0 unspecified atom stereocenters. The maximum atomic E-state index is 12.8. The van der Waals surface area contributed by atoms with Gasteiger partial charge in [0.05, 0.1) is 23.9 Å². The summed E-state index contributed by atoms with van der Waals surface area (Å²) >= 11 is 0. The molecule has 0 saturated carbocycles. The average Bonchev–Trinajstić information content (AvgIpc) is 3.18. The number of hydrogen-bond acceptors (Lipinski definition) is 5. The van der Waals surface area contributed by atoms with Gasteiger partial charge in [-0.25, -0.2) is 18.2 Å². The topological polar surface area (TPSA) is 138 Å². The Labute approximate surface area is 173 Å². The van der Waals surface area contributed by atoms with Crippen molar-refractivity contribution in [1.29, 1.82) is 0 Å². The third kappa shape index (κ3) is 5.13. The first-order valence-corrected chi connectivity index (χ1v) is 10.1. The second-order valence-electron chi connectivity index (χ2n) is 6.38. The van der Waals surface area contributed by atoms with Gasteiger partial charge in [-0.05, 0) is 18.2 Å². The maximum absolute atomic E-state index is 12.8. The molecule has 13 heteroatoms. The van der Waals surface area contributed by atoms with Gasteiger partial charge in [0.25, 0.3) is 5.69 Å². The number of anilines is 1. The summed E-state index contributed by atoms with van der Waals surface area (Å²) in [6, 6.07) is 9.76. The van der Waals surface area contributed by atoms with Gasteiger partial charge in [-0.2, -0.15) is 18.3 Å². The molecule has 0 bridgehead atoms. The van der Waals surface area contributed by atoms with E-state index in [2.05, 4.69) is 10.4 Å². The summed E-state index contributed by atoms with van der Waals surface area (Å²) in [5.74, 6) is -0.561. The van der Waals surface area contributed by atoms with Crippen LogP contribution in [0.1, 0.15) is 11.1 Å². The largest absolute Gasteiger partial charge is 0.419 e. The van der Waals surface area contributed by atoms with Crippen LogP contribution in [0.15, 0.2) is 59.8 Å². The molecule has 9 nitrogen and oxygen atoms in total. The number of benzene rings is 2. The van der Waals surface area contributed by atoms with Gasteiger partial charge in [0, 0.05) is 33.6 Å². The quantitative estimate of drug-likeness (QED) is 0.514. The lowest BCUT2D eigenvalue weighted by Crippen LogP contribution is -2.56. The number of carbonyl (C=O) groups excluding carboxylic acids is 1. The Kier molecular flexibility index (Phi) is 5.90. The van der Waals surface area contributed by atoms with Crippen LogP contribution in [-0.2, 0) is 27.4 Å². The molecule has 0 fully saturated rings. The second-order valence-corrected chi connectivity index (χ2v) is 7.91. The fourth-order valence-electron chi connectivity index (χ4n) is 2.76. The Balaban J connectivity index is 1.91. The highest BCUT2D eigenvalue weighted by Crippen LogP contribution is 2.30. The zero-order valence-corrected chi connectivity index (χ0v) is 16.4. The van der Waals surface area contributed by atoms with Crippen LogP contribution in [0.25, 0.3) is 5.69 Å². The molecule has 4 N–H and O–H groups in total. The number of nitroso groups, excluding NO2 is 1. The Hall–Kier alpha value is -3.58. The lowest BCUT2D eigenvalue weighted by atomic mass is 10.1. The fourth-order valence-corrected chi connectivity index (χ4v) is 3.51. The first-order chi connectivity index (χ1) is 14.5. The molecular formula is C18H15F3N5O4S+. The van der Waals surface area contributed by atoms with Crippen LogP contribution in [0, 0.1) is 4.91 Å². The van der Waals surface area contributed by atoms with E-state index in [0.29, 0.717) is 18.0 Å². The molecule has 0 saturated heterocycles. The number of aromatic nitrogens is 2. The van der Waals surface area contributed by atoms with Crippen molar-refractivity contribution in [3.05, 3.63) is 70.9 Å². The van der Waals surface area contributed by atoms with Crippen molar-refractivity contribution in [1.82, 2.24) is 9.78 Å². The minimum Gasteiger partial charge on any atom is -0.326 e. The molecule has 0 atom stereocenters. The molecular weight excluding hydrogens is 439 g/mol. The normalized spacial score (nSPS) is 11.9. The standard InChI is InChI=1S/C18H14F3N5O4S/c19-18(20,21)12-9-23-26(10-12)15-6-5-13(8-16(15)31(22,29)30)24-17(27)7-11-3-1-2-4-14(11)25-28/h1-6,8-10H,7H2,(H,24,27)(H2,22,29,30)/p+1. The Bertz CT molecular complexity index is 1260. The number of sulfonamides is 1. The van der Waals surface area contributed by atoms with Crippen molar-refractivity contribution >= 4 is 27.3 Å². The predicted molar refractivity (Wildman–Crippen MR) is 103 cm³/mol. The number of halogens is 3. The number of carbonyl (C=O) groups is 1. The molecule has 1 amide bonds. The fraction of sp³-hybridized carbons (Fsp3) is 0.111. The Morgan fingerprint density at radius 2 is 1.90 bits per heavy atom. The van der Waals surface area contributed by atoms with E-state index in [1.807, 2.05) is 0 Å². The minimum atomic E-state index is -4.66. The summed E-state index contributed by atoms with van der Waals surface area (Å²) in [4.78, 5) is 22.7. The molecule has 0 spiro atoms. The molecule has 3 aromatic rings. The molecule has 0 aliphatic rings. The molecule has 0 radical (unpaired) electrons. The van der Waals surface area contributed by atoms with E-state index in [-0.39, 0.29) is 23.5 Å². The predicted octanol–water partition coefficient (Wildman–Crippen LogP) is 1.20. The molecule has 1 aromatic heterocycles. The van der Waals surface area contributed by atoms with E-state index in [1.54, 1.807) is 23.4 Å². The number of amides is 1. The van der Waals surface area contributed by atoms with Crippen LogP contribution in [-0.4, -0.2) is 24.1 Å². The Morgan fingerprint density at radius 1 is 1.19 bits per heavy atom. The number of alkyl halides is 3. The van der Waals surface area contributed by atoms with Crippen LogP contribution >= 0.6 is 0 Å². The van der Waals surface area contributed by atoms with Crippen molar-refractivity contribution in [2.24, 2.45) is 5.14 Å². The highest BCUT2D eigenvalue weighted by Gasteiger charge is 2.32. The van der Waals surface area contributed by atoms with E-state index in [0.717, 1.165) is 16.8 Å². The van der Waals surface area contributed by atoms with Crippen molar-refractivity contribution in [3.63, 3.8) is 0 Å². The van der Waals surface area contributed by atoms with Gasteiger partial charge in [-0.15, -0.1) is 0 Å². The van der Waals surface area contributed by atoms with Crippen molar-refractivity contribution < 1.29 is 31.6 Å². The molecule has 3 rings (SSSR count). The summed E-state index contributed by atoms with van der Waals surface area (Å²) in [5, 5.41) is 12.9. The first kappa shape index (κ1) is 22.1. The van der Waals surface area contributed by atoms with Gasteiger partial charge >= 0.3 is 6.18 Å². The smallest absolute Gasteiger partial charge is 0.326 e. The zero-order chi connectivity index (χ0) is 22.8. The maximum Gasteiger partial charge on any atom is 0.419 e. The van der Waals surface area contributed by atoms with Crippen LogP contribution in [0.2, 0.25) is 0 Å². The van der Waals surface area contributed by atoms with Gasteiger partial charge in [0.1, 0.15) is 4.90 Å². The molecule has 0 aliphatic heterocycles. The van der Waals surface area contributed by atoms with Gasteiger partial charge in [0.2, 0.25) is 15.9 Å². The van der Waals surface area contributed by atoms with Crippen LogP contribution in [0.4, 0.5) is 24.5 Å². The molecule has 0 aliphatic carbocycles. The lowest BCUT2D eigenvalue weighted by molar-refractivity contribution is -0.380. The van der Waals surface area contributed by atoms with E-state index in [4.69, 9.17) is 5.14 Å². The summed E-state index contributed by atoms with van der Waals surface area (Å²) in [7, 11) is -4.38.